The summed E-state index contributed by atoms with van der Waals surface area (Å²) >= 11 is 1.80. The minimum Gasteiger partial charge on any atom is -0.363 e. The van der Waals surface area contributed by atoms with Gasteiger partial charge in [0.25, 0.3) is 0 Å². The first-order valence-corrected chi connectivity index (χ1v) is 6.64. The third kappa shape index (κ3) is 2.19. The molecular formula is C14H13N3S. The van der Waals surface area contributed by atoms with Gasteiger partial charge in [0.05, 0.1) is 12.7 Å². The van der Waals surface area contributed by atoms with E-state index >= 15 is 0 Å². The molecule has 0 unspecified atom stereocenters. The number of fused-ring (bicyclic) bond motifs is 1. The maximum Gasteiger partial charge on any atom is 0.156 e. The molecule has 0 spiro atoms. The van der Waals surface area contributed by atoms with Gasteiger partial charge in [-0.3, -0.25) is 0 Å². The highest BCUT2D eigenvalue weighted by molar-refractivity contribution is 7.11. The van der Waals surface area contributed by atoms with Crippen LogP contribution in [0.15, 0.2) is 42.6 Å². The number of nitrogens with one attached hydrogen (secondary N) is 1. The highest BCUT2D eigenvalue weighted by atomic mass is 32.1. The summed E-state index contributed by atoms with van der Waals surface area (Å²) in [4.78, 5) is 2.64. The van der Waals surface area contributed by atoms with Gasteiger partial charge in [0.15, 0.2) is 5.82 Å². The second-order valence-electron chi connectivity index (χ2n) is 4.15. The van der Waals surface area contributed by atoms with Crippen molar-refractivity contribution in [3.63, 3.8) is 0 Å². The van der Waals surface area contributed by atoms with Crippen molar-refractivity contribution < 1.29 is 0 Å². The van der Waals surface area contributed by atoms with E-state index in [0.717, 1.165) is 23.1 Å². The third-order valence-corrected chi connectivity index (χ3v) is 3.80. The van der Waals surface area contributed by atoms with E-state index in [2.05, 4.69) is 40.6 Å². The van der Waals surface area contributed by atoms with Crippen molar-refractivity contribution in [1.29, 1.82) is 0 Å². The molecule has 0 radical (unpaired) electrons. The lowest BCUT2D eigenvalue weighted by Gasteiger charge is -2.06. The molecule has 0 aliphatic heterocycles. The molecule has 2 aromatic heterocycles. The topological polar surface area (TPSA) is 37.8 Å². The predicted molar refractivity (Wildman–Crippen MR) is 75.9 cm³/mol. The quantitative estimate of drug-likeness (QED) is 0.777. The monoisotopic (exact) mass is 255 g/mol. The fourth-order valence-electron chi connectivity index (χ4n) is 1.91. The van der Waals surface area contributed by atoms with Crippen molar-refractivity contribution in [3.05, 3.63) is 52.3 Å². The normalized spacial score (nSPS) is 10.7. The van der Waals surface area contributed by atoms with E-state index < -0.39 is 0 Å². The first-order valence-electron chi connectivity index (χ1n) is 5.82. The smallest absolute Gasteiger partial charge is 0.156 e. The molecule has 1 N–H and O–H groups in total. The third-order valence-electron chi connectivity index (χ3n) is 2.80. The molecule has 0 saturated heterocycles. The van der Waals surface area contributed by atoms with Crippen LogP contribution in [0.25, 0.3) is 10.8 Å². The van der Waals surface area contributed by atoms with E-state index in [1.165, 1.54) is 9.75 Å². The Hall–Kier alpha value is -1.94. The number of hydrogen-bond acceptors (Lipinski definition) is 4. The summed E-state index contributed by atoms with van der Waals surface area (Å²) in [5.74, 6) is 0.846. The minimum absolute atomic E-state index is 0.793. The molecule has 0 fully saturated rings. The van der Waals surface area contributed by atoms with Gasteiger partial charge in [-0.25, -0.2) is 0 Å². The second-order valence-corrected chi connectivity index (χ2v) is 5.52. The van der Waals surface area contributed by atoms with Crippen molar-refractivity contribution in [2.75, 3.05) is 5.32 Å². The standard InChI is InChI=1S/C14H13N3S/c1-10-6-7-12(18-10)9-15-14-13-5-3-2-4-11(13)8-16-17-14/h2-8H,9H2,1H3,(H,15,17). The molecule has 0 atom stereocenters. The fourth-order valence-corrected chi connectivity index (χ4v) is 2.74. The molecule has 3 rings (SSSR count). The van der Waals surface area contributed by atoms with Crippen molar-refractivity contribution in [2.45, 2.75) is 13.5 Å². The van der Waals surface area contributed by atoms with Crippen LogP contribution in [0.2, 0.25) is 0 Å². The summed E-state index contributed by atoms with van der Waals surface area (Å²) in [6, 6.07) is 12.4. The van der Waals surface area contributed by atoms with Gasteiger partial charge in [-0.05, 0) is 19.1 Å². The van der Waals surface area contributed by atoms with Crippen LogP contribution in [0.5, 0.6) is 0 Å². The summed E-state index contributed by atoms with van der Waals surface area (Å²) in [7, 11) is 0. The average molecular weight is 255 g/mol. The number of benzene rings is 1. The van der Waals surface area contributed by atoms with Gasteiger partial charge in [0.2, 0.25) is 0 Å². The van der Waals surface area contributed by atoms with E-state index in [1.54, 1.807) is 17.5 Å². The number of aromatic nitrogens is 2. The predicted octanol–water partition coefficient (Wildman–Crippen LogP) is 3.61. The number of anilines is 1. The Morgan fingerprint density at radius 3 is 2.89 bits per heavy atom. The number of nitrogens with zero attached hydrogens (tertiary/aromatic N) is 2. The highest BCUT2D eigenvalue weighted by Gasteiger charge is 2.03. The Morgan fingerprint density at radius 2 is 2.06 bits per heavy atom. The number of aryl methyl sites for hydroxylation is 1. The second kappa shape index (κ2) is 4.74. The minimum atomic E-state index is 0.793. The van der Waals surface area contributed by atoms with E-state index in [1.807, 2.05) is 18.2 Å². The van der Waals surface area contributed by atoms with Gasteiger partial charge in [-0.2, -0.15) is 5.10 Å². The molecule has 0 aliphatic rings. The molecule has 3 aromatic rings. The lowest BCUT2D eigenvalue weighted by atomic mass is 10.2. The van der Waals surface area contributed by atoms with Crippen LogP contribution >= 0.6 is 11.3 Å². The van der Waals surface area contributed by atoms with Crippen LogP contribution in [0.1, 0.15) is 9.75 Å². The zero-order chi connectivity index (χ0) is 12.4. The molecule has 0 amide bonds. The van der Waals surface area contributed by atoms with Crippen molar-refractivity contribution in [3.8, 4) is 0 Å². The summed E-state index contributed by atoms with van der Waals surface area (Å²) in [6.07, 6.45) is 1.79. The Labute approximate surface area is 109 Å². The summed E-state index contributed by atoms with van der Waals surface area (Å²) in [6.45, 7) is 2.91. The zero-order valence-electron chi connectivity index (χ0n) is 10.1. The molecule has 2 heterocycles. The average Bonchev–Trinajstić information content (AvgIpc) is 2.82. The van der Waals surface area contributed by atoms with Crippen molar-refractivity contribution >= 4 is 27.9 Å². The Kier molecular flexibility index (Phi) is 2.94. The van der Waals surface area contributed by atoms with E-state index in [4.69, 9.17) is 0 Å². The summed E-state index contributed by atoms with van der Waals surface area (Å²) in [5, 5.41) is 13.8. The van der Waals surface area contributed by atoms with Gasteiger partial charge < -0.3 is 5.32 Å². The number of thiophene rings is 1. The zero-order valence-corrected chi connectivity index (χ0v) is 10.9. The van der Waals surface area contributed by atoms with E-state index in [9.17, 15) is 0 Å². The first kappa shape index (κ1) is 11.2. The van der Waals surface area contributed by atoms with E-state index in [-0.39, 0.29) is 0 Å². The highest BCUT2D eigenvalue weighted by Crippen LogP contribution is 2.21. The lowest BCUT2D eigenvalue weighted by Crippen LogP contribution is -2.01. The molecule has 18 heavy (non-hydrogen) atoms. The van der Waals surface area contributed by atoms with Gasteiger partial charge in [-0.15, -0.1) is 16.4 Å². The molecule has 3 nitrogen and oxygen atoms in total. The maximum absolute atomic E-state index is 4.17. The molecular weight excluding hydrogens is 242 g/mol. The van der Waals surface area contributed by atoms with Crippen LogP contribution in [-0.4, -0.2) is 10.2 Å². The number of rotatable bonds is 3. The number of hydrogen-bond donors (Lipinski definition) is 1. The Morgan fingerprint density at radius 1 is 1.17 bits per heavy atom. The lowest BCUT2D eigenvalue weighted by molar-refractivity contribution is 1.02. The van der Waals surface area contributed by atoms with Gasteiger partial charge in [-0.1, -0.05) is 24.3 Å². The van der Waals surface area contributed by atoms with Crippen LogP contribution in [0.3, 0.4) is 0 Å². The molecule has 1 aromatic carbocycles. The van der Waals surface area contributed by atoms with Gasteiger partial charge >= 0.3 is 0 Å². The molecule has 4 heteroatoms. The fraction of sp³-hybridized carbons (Fsp3) is 0.143. The molecule has 0 aliphatic carbocycles. The van der Waals surface area contributed by atoms with Gasteiger partial charge in [0, 0.05) is 20.5 Å². The van der Waals surface area contributed by atoms with Crippen molar-refractivity contribution in [1.82, 2.24) is 10.2 Å². The SMILES string of the molecule is Cc1ccc(CNc2nncc3ccccc23)s1. The van der Waals surface area contributed by atoms with Crippen molar-refractivity contribution in [2.24, 2.45) is 0 Å². The summed E-state index contributed by atoms with van der Waals surface area (Å²) < 4.78 is 0. The molecule has 90 valence electrons. The first-order chi connectivity index (χ1) is 8.83. The molecule has 0 bridgehead atoms. The van der Waals surface area contributed by atoms with Crippen LogP contribution in [-0.2, 0) is 6.54 Å². The largest absolute Gasteiger partial charge is 0.363 e. The Bertz CT molecular complexity index is 670. The summed E-state index contributed by atoms with van der Waals surface area (Å²) in [5.41, 5.74) is 0. The van der Waals surface area contributed by atoms with E-state index in [0.29, 0.717) is 0 Å². The van der Waals surface area contributed by atoms with Gasteiger partial charge in [0.1, 0.15) is 0 Å². The van der Waals surface area contributed by atoms with Crippen LogP contribution < -0.4 is 5.32 Å². The van der Waals surface area contributed by atoms with Crippen LogP contribution in [0.4, 0.5) is 5.82 Å². The Balaban J connectivity index is 1.86. The molecule has 0 saturated carbocycles. The van der Waals surface area contributed by atoms with Crippen LogP contribution in [0, 0.1) is 6.92 Å². The maximum atomic E-state index is 4.17.